The van der Waals surface area contributed by atoms with E-state index in [4.69, 9.17) is 5.73 Å². The second-order valence-electron chi connectivity index (χ2n) is 9.92. The van der Waals surface area contributed by atoms with Crippen LogP contribution >= 0.6 is 0 Å². The van der Waals surface area contributed by atoms with E-state index < -0.39 is 4.92 Å². The van der Waals surface area contributed by atoms with Gasteiger partial charge in [0.1, 0.15) is 5.82 Å². The minimum absolute atomic E-state index is 0.0513. The minimum atomic E-state index is -0.567. The Hall–Kier alpha value is -5.20. The number of aromatic nitrogens is 4. The fourth-order valence-electron chi connectivity index (χ4n) is 4.98. The number of rotatable bonds is 10. The lowest BCUT2D eigenvalue weighted by atomic mass is 10.0. The standard InChI is InChI=1S/C28H31N9O4/c1-19(38)32-21-9-13-35(15-21)28(39)24-17-34(12-2-10-31-26-8-7-25(37(40)41)27(29)33-26)16-23(24)20-3-5-22(6-4-20)36-14-11-30-18-36/h3-8,11,14,16-18,21H,2,9-10,12-13,15H2,1H3,(H,32,38)(H3,29,31,33)/t21-/m0/s1. The molecule has 0 saturated carbocycles. The van der Waals surface area contributed by atoms with Crippen LogP contribution < -0.4 is 16.4 Å². The fraction of sp³-hybridized carbons (Fsp3) is 0.286. The lowest BCUT2D eigenvalue weighted by Crippen LogP contribution is -2.37. The molecule has 1 fully saturated rings. The quantitative estimate of drug-likeness (QED) is 0.152. The predicted molar refractivity (Wildman–Crippen MR) is 154 cm³/mol. The number of carbonyl (C=O) groups excluding carboxylic acids is 2. The molecule has 0 unspecified atom stereocenters. The van der Waals surface area contributed by atoms with E-state index in [1.165, 1.54) is 19.1 Å². The van der Waals surface area contributed by atoms with Gasteiger partial charge in [0.2, 0.25) is 11.7 Å². The highest BCUT2D eigenvalue weighted by Crippen LogP contribution is 2.29. The third-order valence-corrected chi connectivity index (χ3v) is 6.97. The maximum Gasteiger partial charge on any atom is 0.311 e. The first-order valence-electron chi connectivity index (χ1n) is 13.3. The van der Waals surface area contributed by atoms with Crippen LogP contribution in [0.15, 0.2) is 67.5 Å². The molecule has 1 aromatic carbocycles. The monoisotopic (exact) mass is 557 g/mol. The molecule has 0 bridgehead atoms. The summed E-state index contributed by atoms with van der Waals surface area (Å²) in [6.45, 7) is 3.70. The van der Waals surface area contributed by atoms with Crippen molar-refractivity contribution in [2.45, 2.75) is 32.4 Å². The average molecular weight is 558 g/mol. The lowest BCUT2D eigenvalue weighted by Gasteiger charge is -2.17. The van der Waals surface area contributed by atoms with Gasteiger partial charge in [0.15, 0.2) is 0 Å². The van der Waals surface area contributed by atoms with Gasteiger partial charge in [-0.15, -0.1) is 0 Å². The lowest BCUT2D eigenvalue weighted by molar-refractivity contribution is -0.384. The van der Waals surface area contributed by atoms with Gasteiger partial charge in [-0.05, 0) is 36.6 Å². The van der Waals surface area contributed by atoms with Crippen molar-refractivity contribution in [3.63, 3.8) is 0 Å². The first-order chi connectivity index (χ1) is 19.8. The number of likely N-dealkylation sites (tertiary alicyclic amines) is 1. The molecule has 2 amide bonds. The van der Waals surface area contributed by atoms with Gasteiger partial charge in [-0.1, -0.05) is 12.1 Å². The predicted octanol–water partition coefficient (Wildman–Crippen LogP) is 3.08. The Labute approximate surface area is 236 Å². The van der Waals surface area contributed by atoms with E-state index in [1.807, 2.05) is 52.0 Å². The molecule has 4 heterocycles. The Morgan fingerprint density at radius 3 is 2.66 bits per heavy atom. The minimum Gasteiger partial charge on any atom is -0.378 e. The molecule has 0 radical (unpaired) electrons. The van der Waals surface area contributed by atoms with Crippen LogP contribution in [0.3, 0.4) is 0 Å². The van der Waals surface area contributed by atoms with Crippen LogP contribution in [0.2, 0.25) is 0 Å². The molecule has 4 N–H and O–H groups in total. The molecular weight excluding hydrogens is 526 g/mol. The molecule has 13 nitrogen and oxygen atoms in total. The first-order valence-corrected chi connectivity index (χ1v) is 13.3. The number of nitrogens with zero attached hydrogens (tertiary/aromatic N) is 6. The summed E-state index contributed by atoms with van der Waals surface area (Å²) in [5.74, 6) is 0.140. The number of anilines is 2. The number of nitrogens with two attached hydrogens (primary N) is 1. The number of hydrogen-bond donors (Lipinski definition) is 3. The van der Waals surface area contributed by atoms with Gasteiger partial charge in [-0.2, -0.15) is 0 Å². The highest BCUT2D eigenvalue weighted by Gasteiger charge is 2.29. The van der Waals surface area contributed by atoms with Crippen LogP contribution in [0.4, 0.5) is 17.3 Å². The number of pyridine rings is 1. The molecule has 5 rings (SSSR count). The third kappa shape index (κ3) is 6.35. The number of nitrogen functional groups attached to an aromatic ring is 1. The van der Waals surface area contributed by atoms with Gasteiger partial charge < -0.3 is 30.4 Å². The number of imidazole rings is 1. The number of nitro groups is 1. The van der Waals surface area contributed by atoms with E-state index in [1.54, 1.807) is 17.4 Å². The maximum absolute atomic E-state index is 13.7. The maximum atomic E-state index is 13.7. The summed E-state index contributed by atoms with van der Waals surface area (Å²) in [4.78, 5) is 45.5. The van der Waals surface area contributed by atoms with E-state index in [9.17, 15) is 19.7 Å². The Morgan fingerprint density at radius 2 is 1.98 bits per heavy atom. The number of hydrogen-bond acceptors (Lipinski definition) is 8. The zero-order chi connectivity index (χ0) is 28.9. The topological polar surface area (TPSA) is 166 Å². The average Bonchev–Trinajstić information content (AvgIpc) is 3.72. The van der Waals surface area contributed by atoms with Crippen molar-refractivity contribution in [1.29, 1.82) is 0 Å². The molecule has 1 aliphatic rings. The summed E-state index contributed by atoms with van der Waals surface area (Å²) in [5.41, 5.74) is 8.75. The van der Waals surface area contributed by atoms with E-state index in [0.717, 1.165) is 16.8 Å². The number of carbonyl (C=O) groups is 2. The zero-order valence-corrected chi connectivity index (χ0v) is 22.6. The normalized spacial score (nSPS) is 14.7. The molecule has 1 saturated heterocycles. The van der Waals surface area contributed by atoms with Crippen molar-refractivity contribution in [2.24, 2.45) is 0 Å². The Bertz CT molecular complexity index is 1550. The number of amides is 2. The van der Waals surface area contributed by atoms with Crippen LogP contribution in [0.5, 0.6) is 0 Å². The third-order valence-electron chi connectivity index (χ3n) is 6.97. The van der Waals surface area contributed by atoms with Crippen molar-refractivity contribution in [1.82, 2.24) is 29.3 Å². The Kier molecular flexibility index (Phi) is 7.94. The molecule has 4 aromatic rings. The summed E-state index contributed by atoms with van der Waals surface area (Å²) in [6.07, 6.45) is 10.6. The summed E-state index contributed by atoms with van der Waals surface area (Å²) in [5, 5.41) is 17.0. The molecule has 1 aliphatic heterocycles. The SMILES string of the molecule is CC(=O)N[C@H]1CCN(C(=O)c2cn(CCCNc3ccc([N+](=O)[O-])c(N)n3)cc2-c2ccc(-n3ccnc3)cc2)C1. The van der Waals surface area contributed by atoms with Crippen LogP contribution in [0.1, 0.15) is 30.1 Å². The molecule has 13 heteroatoms. The van der Waals surface area contributed by atoms with Crippen molar-refractivity contribution >= 4 is 29.1 Å². The van der Waals surface area contributed by atoms with E-state index in [-0.39, 0.29) is 29.4 Å². The highest BCUT2D eigenvalue weighted by atomic mass is 16.6. The molecule has 212 valence electrons. The van der Waals surface area contributed by atoms with Crippen molar-refractivity contribution in [2.75, 3.05) is 30.7 Å². The number of aryl methyl sites for hydroxylation is 1. The van der Waals surface area contributed by atoms with Crippen molar-refractivity contribution in [3.05, 3.63) is 83.2 Å². The summed E-state index contributed by atoms with van der Waals surface area (Å²) in [7, 11) is 0. The molecule has 3 aromatic heterocycles. The van der Waals surface area contributed by atoms with Crippen LogP contribution in [-0.2, 0) is 11.3 Å². The van der Waals surface area contributed by atoms with Crippen LogP contribution in [-0.4, -0.2) is 66.4 Å². The zero-order valence-electron chi connectivity index (χ0n) is 22.6. The molecular formula is C28H31N9O4. The molecule has 0 spiro atoms. The van der Waals surface area contributed by atoms with Gasteiger partial charge in [0.05, 0.1) is 16.8 Å². The molecule has 41 heavy (non-hydrogen) atoms. The number of benzene rings is 1. The largest absolute Gasteiger partial charge is 0.378 e. The number of nitrogens with one attached hydrogen (secondary N) is 2. The molecule has 1 atom stereocenters. The van der Waals surface area contributed by atoms with E-state index in [0.29, 0.717) is 50.4 Å². The second kappa shape index (κ2) is 11.9. The van der Waals surface area contributed by atoms with Gasteiger partial charge in [0.25, 0.3) is 5.91 Å². The van der Waals surface area contributed by atoms with Gasteiger partial charge in [-0.25, -0.2) is 9.97 Å². The summed E-state index contributed by atoms with van der Waals surface area (Å²) in [6, 6.07) is 10.7. The summed E-state index contributed by atoms with van der Waals surface area (Å²) < 4.78 is 3.90. The summed E-state index contributed by atoms with van der Waals surface area (Å²) >= 11 is 0. The highest BCUT2D eigenvalue weighted by molar-refractivity contribution is 6.01. The molecule has 0 aliphatic carbocycles. The van der Waals surface area contributed by atoms with Gasteiger partial charge in [-0.3, -0.25) is 19.7 Å². The van der Waals surface area contributed by atoms with Crippen LogP contribution in [0.25, 0.3) is 16.8 Å². The first kappa shape index (κ1) is 27.4. The van der Waals surface area contributed by atoms with E-state index >= 15 is 0 Å². The van der Waals surface area contributed by atoms with Crippen molar-refractivity contribution < 1.29 is 14.5 Å². The second-order valence-corrected chi connectivity index (χ2v) is 9.92. The van der Waals surface area contributed by atoms with Gasteiger partial charge >= 0.3 is 5.69 Å². The Morgan fingerprint density at radius 1 is 1.17 bits per heavy atom. The van der Waals surface area contributed by atoms with Gasteiger partial charge in [0, 0.05) is 81.2 Å². The van der Waals surface area contributed by atoms with Crippen LogP contribution in [0, 0.1) is 10.1 Å². The van der Waals surface area contributed by atoms with E-state index in [2.05, 4.69) is 20.6 Å². The fourth-order valence-corrected chi connectivity index (χ4v) is 4.98. The van der Waals surface area contributed by atoms with Crippen molar-refractivity contribution in [3.8, 4) is 16.8 Å². The Balaban J connectivity index is 1.31. The smallest absolute Gasteiger partial charge is 0.311 e.